The van der Waals surface area contributed by atoms with E-state index in [2.05, 4.69) is 6.92 Å². The topological polar surface area (TPSA) is 83.6 Å². The minimum absolute atomic E-state index is 0.00561. The molecule has 1 heterocycles. The van der Waals surface area contributed by atoms with Gasteiger partial charge in [0.1, 0.15) is 0 Å². The van der Waals surface area contributed by atoms with E-state index in [0.717, 1.165) is 19.3 Å². The largest absolute Gasteiger partial charge is 0.481 e. The average Bonchev–Trinajstić information content (AvgIpc) is 2.70. The third-order valence-electron chi connectivity index (χ3n) is 4.68. The predicted molar refractivity (Wildman–Crippen MR) is 71.4 cm³/mol. The smallest absolute Gasteiger partial charge is 0.308 e. The summed E-state index contributed by atoms with van der Waals surface area (Å²) in [6.07, 6.45) is 3.54. The molecule has 3 N–H and O–H groups in total. The molecule has 5 heteroatoms. The number of nitrogens with two attached hydrogens (primary N) is 1. The van der Waals surface area contributed by atoms with Crippen LogP contribution in [0, 0.1) is 17.8 Å². The van der Waals surface area contributed by atoms with Crippen molar-refractivity contribution in [2.45, 2.75) is 45.1 Å². The monoisotopic (exact) mass is 268 g/mol. The Bertz CT molecular complexity index is 385. The van der Waals surface area contributed by atoms with Crippen molar-refractivity contribution in [1.82, 2.24) is 4.90 Å². The lowest BCUT2D eigenvalue weighted by Crippen LogP contribution is -2.57. The maximum Gasteiger partial charge on any atom is 0.308 e. The molecule has 0 spiro atoms. The van der Waals surface area contributed by atoms with Crippen molar-refractivity contribution in [2.24, 2.45) is 23.5 Å². The Balaban J connectivity index is 2.06. The molecule has 1 amide bonds. The summed E-state index contributed by atoms with van der Waals surface area (Å²) < 4.78 is 0. The van der Waals surface area contributed by atoms with Gasteiger partial charge in [-0.1, -0.05) is 26.7 Å². The van der Waals surface area contributed by atoms with Crippen LogP contribution >= 0.6 is 0 Å². The number of hydrogen-bond acceptors (Lipinski definition) is 3. The zero-order valence-electron chi connectivity index (χ0n) is 11.8. The van der Waals surface area contributed by atoms with Crippen LogP contribution in [0.1, 0.15) is 39.5 Å². The van der Waals surface area contributed by atoms with Crippen LogP contribution in [0.2, 0.25) is 0 Å². The first kappa shape index (κ1) is 14.3. The molecule has 19 heavy (non-hydrogen) atoms. The van der Waals surface area contributed by atoms with Crippen molar-refractivity contribution in [3.63, 3.8) is 0 Å². The minimum Gasteiger partial charge on any atom is -0.481 e. The van der Waals surface area contributed by atoms with Gasteiger partial charge in [-0.05, 0) is 24.7 Å². The fourth-order valence-electron chi connectivity index (χ4n) is 3.56. The number of hydrogen-bond donors (Lipinski definition) is 2. The first-order valence-corrected chi connectivity index (χ1v) is 7.14. The Morgan fingerprint density at radius 1 is 1.32 bits per heavy atom. The highest BCUT2D eigenvalue weighted by molar-refractivity contribution is 5.87. The van der Waals surface area contributed by atoms with Crippen molar-refractivity contribution in [2.75, 3.05) is 13.1 Å². The molecule has 0 bridgehead atoms. The molecular formula is C14H24N2O3. The molecule has 2 rings (SSSR count). The fraction of sp³-hybridized carbons (Fsp3) is 0.857. The molecule has 0 aromatic heterocycles. The predicted octanol–water partition coefficient (Wildman–Crippen LogP) is 1.07. The highest BCUT2D eigenvalue weighted by Gasteiger charge is 2.45. The van der Waals surface area contributed by atoms with Gasteiger partial charge in [-0.25, -0.2) is 0 Å². The zero-order valence-corrected chi connectivity index (χ0v) is 11.8. The van der Waals surface area contributed by atoms with E-state index in [1.807, 2.05) is 6.92 Å². The van der Waals surface area contributed by atoms with Gasteiger partial charge < -0.3 is 15.7 Å². The number of carboxylic acid groups (broad SMARTS) is 1. The number of amides is 1. The summed E-state index contributed by atoms with van der Waals surface area (Å²) in [6.45, 7) is 4.84. The average molecular weight is 268 g/mol. The first-order valence-electron chi connectivity index (χ1n) is 7.14. The van der Waals surface area contributed by atoms with Crippen molar-refractivity contribution in [3.05, 3.63) is 0 Å². The van der Waals surface area contributed by atoms with Gasteiger partial charge in [-0.15, -0.1) is 0 Å². The molecule has 108 valence electrons. The maximum absolute atomic E-state index is 12.6. The van der Waals surface area contributed by atoms with Crippen LogP contribution in [0.15, 0.2) is 0 Å². The van der Waals surface area contributed by atoms with Crippen molar-refractivity contribution in [3.8, 4) is 0 Å². The van der Waals surface area contributed by atoms with Crippen LogP contribution in [-0.4, -0.2) is 40.5 Å². The Morgan fingerprint density at radius 3 is 2.53 bits per heavy atom. The molecule has 0 aromatic rings. The van der Waals surface area contributed by atoms with Gasteiger partial charge in [0.2, 0.25) is 5.91 Å². The lowest BCUT2D eigenvalue weighted by atomic mass is 9.76. The molecule has 1 saturated carbocycles. The third kappa shape index (κ3) is 2.76. The van der Waals surface area contributed by atoms with Crippen LogP contribution in [0.4, 0.5) is 0 Å². The van der Waals surface area contributed by atoms with Crippen LogP contribution in [0.3, 0.4) is 0 Å². The lowest BCUT2D eigenvalue weighted by molar-refractivity contribution is -0.142. The second kappa shape index (κ2) is 5.12. The highest BCUT2D eigenvalue weighted by Crippen LogP contribution is 2.34. The van der Waals surface area contributed by atoms with E-state index in [1.165, 1.54) is 0 Å². The second-order valence-electron chi connectivity index (χ2n) is 6.49. The number of rotatable bonds is 2. The Hall–Kier alpha value is -1.10. The molecule has 1 saturated heterocycles. The molecule has 2 aliphatic rings. The van der Waals surface area contributed by atoms with E-state index < -0.39 is 17.4 Å². The molecule has 1 aliphatic carbocycles. The quantitative estimate of drug-likeness (QED) is 0.784. The number of carboxylic acids is 1. The lowest BCUT2D eigenvalue weighted by Gasteiger charge is -2.38. The number of carbonyl (C=O) groups is 2. The zero-order chi connectivity index (χ0) is 14.2. The minimum atomic E-state index is -0.814. The SMILES string of the molecule is CC1CCCC(N)(C(=O)N2C[C@@H](C)[C@H](C(=O)O)C2)C1. The van der Waals surface area contributed by atoms with E-state index in [9.17, 15) is 9.59 Å². The third-order valence-corrected chi connectivity index (χ3v) is 4.68. The van der Waals surface area contributed by atoms with Crippen LogP contribution in [0.25, 0.3) is 0 Å². The van der Waals surface area contributed by atoms with Crippen molar-refractivity contribution in [1.29, 1.82) is 0 Å². The summed E-state index contributed by atoms with van der Waals surface area (Å²) >= 11 is 0. The molecule has 0 aromatic carbocycles. The standard InChI is InChI=1S/C14H24N2O3/c1-9-4-3-5-14(15,6-9)13(19)16-7-10(2)11(8-16)12(17)18/h9-11H,3-8,15H2,1-2H3,(H,17,18)/t9?,10-,11-,14?/m1/s1. The van der Waals surface area contributed by atoms with Gasteiger partial charge in [-0.3, -0.25) is 9.59 Å². The molecule has 0 radical (unpaired) electrons. The Labute approximate surface area is 114 Å². The van der Waals surface area contributed by atoms with Gasteiger partial charge in [-0.2, -0.15) is 0 Å². The number of nitrogens with zero attached hydrogens (tertiary/aromatic N) is 1. The summed E-state index contributed by atoms with van der Waals surface area (Å²) in [5, 5.41) is 9.13. The Kier molecular flexibility index (Phi) is 3.85. The van der Waals surface area contributed by atoms with Gasteiger partial charge >= 0.3 is 5.97 Å². The molecule has 2 fully saturated rings. The number of aliphatic carboxylic acids is 1. The van der Waals surface area contributed by atoms with Crippen molar-refractivity contribution < 1.29 is 14.7 Å². The summed E-state index contributed by atoms with van der Waals surface area (Å²) in [5.41, 5.74) is 5.53. The summed E-state index contributed by atoms with van der Waals surface area (Å²) in [5.74, 6) is -0.835. The molecule has 2 unspecified atom stereocenters. The highest BCUT2D eigenvalue weighted by atomic mass is 16.4. The summed E-state index contributed by atoms with van der Waals surface area (Å²) in [4.78, 5) is 25.4. The van der Waals surface area contributed by atoms with E-state index in [1.54, 1.807) is 4.90 Å². The normalized spacial score (nSPS) is 39.3. The number of likely N-dealkylation sites (tertiary alicyclic amines) is 1. The van der Waals surface area contributed by atoms with E-state index in [-0.39, 0.29) is 11.8 Å². The Morgan fingerprint density at radius 2 is 2.00 bits per heavy atom. The first-order chi connectivity index (χ1) is 8.83. The molecular weight excluding hydrogens is 244 g/mol. The maximum atomic E-state index is 12.6. The van der Waals surface area contributed by atoms with E-state index >= 15 is 0 Å². The van der Waals surface area contributed by atoms with Crippen molar-refractivity contribution >= 4 is 11.9 Å². The number of carbonyl (C=O) groups excluding carboxylic acids is 1. The fourth-order valence-corrected chi connectivity index (χ4v) is 3.56. The van der Waals surface area contributed by atoms with Gasteiger partial charge in [0, 0.05) is 13.1 Å². The van der Waals surface area contributed by atoms with Crippen LogP contribution in [0.5, 0.6) is 0 Å². The molecule has 4 atom stereocenters. The second-order valence-corrected chi connectivity index (χ2v) is 6.49. The molecule has 5 nitrogen and oxygen atoms in total. The van der Waals surface area contributed by atoms with Crippen LogP contribution in [-0.2, 0) is 9.59 Å². The van der Waals surface area contributed by atoms with E-state index in [0.29, 0.717) is 25.4 Å². The summed E-state index contributed by atoms with van der Waals surface area (Å²) in [6, 6.07) is 0. The molecule has 1 aliphatic heterocycles. The van der Waals surface area contributed by atoms with Gasteiger partial charge in [0.05, 0.1) is 11.5 Å². The van der Waals surface area contributed by atoms with Gasteiger partial charge in [0.25, 0.3) is 0 Å². The van der Waals surface area contributed by atoms with Gasteiger partial charge in [0.15, 0.2) is 0 Å². The van der Waals surface area contributed by atoms with Crippen LogP contribution < -0.4 is 5.73 Å². The van der Waals surface area contributed by atoms with E-state index in [4.69, 9.17) is 10.8 Å². The summed E-state index contributed by atoms with van der Waals surface area (Å²) in [7, 11) is 0.